The molecule has 0 saturated heterocycles. The van der Waals surface area contributed by atoms with Gasteiger partial charge in [-0.15, -0.1) is 5.10 Å². The fourth-order valence-electron chi connectivity index (χ4n) is 2.32. The average Bonchev–Trinajstić information content (AvgIpc) is 3.02. The van der Waals surface area contributed by atoms with E-state index in [4.69, 9.17) is 0 Å². The largest absolute Gasteiger partial charge is 0.346 e. The van der Waals surface area contributed by atoms with Crippen molar-refractivity contribution in [2.45, 2.75) is 18.4 Å². The molecule has 0 spiro atoms. The Bertz CT molecular complexity index is 979. The highest BCUT2D eigenvalue weighted by molar-refractivity contribution is 7.89. The molecule has 0 atom stereocenters. The summed E-state index contributed by atoms with van der Waals surface area (Å²) in [7, 11) is 0.00439. The number of hydrogen-bond acceptors (Lipinski definition) is 5. The third kappa shape index (κ3) is 3.39. The number of aromatic nitrogens is 3. The fraction of sp³-hybridized carbons (Fsp3) is 0.250. The van der Waals surface area contributed by atoms with Crippen LogP contribution < -0.4 is 9.62 Å². The minimum Gasteiger partial charge on any atom is -0.346 e. The van der Waals surface area contributed by atoms with Gasteiger partial charge in [-0.25, -0.2) is 13.1 Å². The van der Waals surface area contributed by atoms with Gasteiger partial charge in [-0.1, -0.05) is 29.8 Å². The molecule has 0 amide bonds. The van der Waals surface area contributed by atoms with E-state index in [1.54, 1.807) is 17.0 Å². The van der Waals surface area contributed by atoms with Crippen LogP contribution >= 0.6 is 0 Å². The van der Waals surface area contributed by atoms with E-state index in [1.165, 1.54) is 0 Å². The van der Waals surface area contributed by atoms with Crippen molar-refractivity contribution in [2.24, 2.45) is 0 Å². The number of benzene rings is 2. The summed E-state index contributed by atoms with van der Waals surface area (Å²) in [5.41, 5.74) is 1.14. The SMILES string of the molecule is Cc1ccc2cc(S(=O)(=O)NCc3nc(N(C)C)n[nH]3)ccc2c1. The van der Waals surface area contributed by atoms with E-state index in [0.717, 1.165) is 16.3 Å². The molecule has 2 N–H and O–H groups in total. The van der Waals surface area contributed by atoms with E-state index in [-0.39, 0.29) is 11.4 Å². The van der Waals surface area contributed by atoms with Crippen molar-refractivity contribution in [3.63, 3.8) is 0 Å². The molecule has 3 aromatic rings. The number of anilines is 1. The van der Waals surface area contributed by atoms with Crippen LogP contribution in [-0.4, -0.2) is 37.7 Å². The molecule has 0 aliphatic heterocycles. The Hall–Kier alpha value is -2.45. The molecule has 24 heavy (non-hydrogen) atoms. The van der Waals surface area contributed by atoms with Crippen LogP contribution in [0.15, 0.2) is 41.3 Å². The number of nitrogens with one attached hydrogen (secondary N) is 2. The number of sulfonamides is 1. The minimum atomic E-state index is -3.62. The van der Waals surface area contributed by atoms with E-state index in [2.05, 4.69) is 19.9 Å². The molecule has 0 unspecified atom stereocenters. The van der Waals surface area contributed by atoms with Crippen molar-refractivity contribution in [2.75, 3.05) is 19.0 Å². The molecular weight excluding hydrogens is 326 g/mol. The predicted molar refractivity (Wildman–Crippen MR) is 93.4 cm³/mol. The summed E-state index contributed by atoms with van der Waals surface area (Å²) in [6.45, 7) is 2.06. The molecule has 8 heteroatoms. The lowest BCUT2D eigenvalue weighted by Crippen LogP contribution is -2.23. The van der Waals surface area contributed by atoms with Crippen LogP contribution in [0, 0.1) is 6.92 Å². The second-order valence-corrected chi connectivity index (χ2v) is 7.58. The van der Waals surface area contributed by atoms with Crippen LogP contribution in [0.1, 0.15) is 11.4 Å². The van der Waals surface area contributed by atoms with Gasteiger partial charge in [0, 0.05) is 14.1 Å². The molecule has 0 aliphatic carbocycles. The highest BCUT2D eigenvalue weighted by Gasteiger charge is 2.15. The van der Waals surface area contributed by atoms with Gasteiger partial charge in [-0.3, -0.25) is 5.10 Å². The molecule has 1 aromatic heterocycles. The van der Waals surface area contributed by atoms with Gasteiger partial charge in [-0.2, -0.15) is 4.98 Å². The second kappa shape index (κ2) is 6.21. The lowest BCUT2D eigenvalue weighted by atomic mass is 10.1. The van der Waals surface area contributed by atoms with Crippen LogP contribution in [0.2, 0.25) is 0 Å². The molecule has 0 saturated carbocycles. The van der Waals surface area contributed by atoms with Gasteiger partial charge in [0.15, 0.2) is 0 Å². The first-order valence-corrected chi connectivity index (χ1v) is 8.92. The van der Waals surface area contributed by atoms with Crippen LogP contribution in [0.3, 0.4) is 0 Å². The third-order valence-electron chi connectivity index (χ3n) is 3.63. The summed E-state index contributed by atoms with van der Waals surface area (Å²) in [5.74, 6) is 0.962. The molecule has 126 valence electrons. The van der Waals surface area contributed by atoms with Crippen molar-refractivity contribution in [3.05, 3.63) is 47.8 Å². The average molecular weight is 345 g/mol. The lowest BCUT2D eigenvalue weighted by molar-refractivity contribution is 0.579. The molecule has 0 radical (unpaired) electrons. The molecule has 2 aromatic carbocycles. The zero-order valence-corrected chi connectivity index (χ0v) is 14.6. The number of rotatable bonds is 5. The van der Waals surface area contributed by atoms with Crippen molar-refractivity contribution in [1.29, 1.82) is 0 Å². The Balaban J connectivity index is 1.80. The maximum absolute atomic E-state index is 12.5. The normalized spacial score (nSPS) is 11.8. The molecule has 3 rings (SSSR count). The van der Waals surface area contributed by atoms with Crippen LogP contribution in [0.4, 0.5) is 5.95 Å². The molecule has 0 fully saturated rings. The van der Waals surface area contributed by atoms with E-state index in [0.29, 0.717) is 11.8 Å². The zero-order valence-electron chi connectivity index (χ0n) is 13.7. The predicted octanol–water partition coefficient (Wildman–Crippen LogP) is 1.81. The lowest BCUT2D eigenvalue weighted by Gasteiger charge is -2.07. The first kappa shape index (κ1) is 16.4. The first-order valence-electron chi connectivity index (χ1n) is 7.44. The van der Waals surface area contributed by atoms with Crippen LogP contribution in [0.25, 0.3) is 10.8 Å². The number of fused-ring (bicyclic) bond motifs is 1. The second-order valence-electron chi connectivity index (χ2n) is 5.81. The highest BCUT2D eigenvalue weighted by Crippen LogP contribution is 2.20. The Morgan fingerprint density at radius 3 is 2.54 bits per heavy atom. The van der Waals surface area contributed by atoms with Crippen molar-refractivity contribution in [1.82, 2.24) is 19.9 Å². The summed E-state index contributed by atoms with van der Waals surface area (Å²) in [6.07, 6.45) is 0. The smallest absolute Gasteiger partial charge is 0.244 e. The van der Waals surface area contributed by atoms with Gasteiger partial charge in [0.05, 0.1) is 11.4 Å². The van der Waals surface area contributed by atoms with Crippen molar-refractivity contribution in [3.8, 4) is 0 Å². The van der Waals surface area contributed by atoms with E-state index in [1.807, 2.05) is 45.3 Å². The molecule has 7 nitrogen and oxygen atoms in total. The van der Waals surface area contributed by atoms with Crippen molar-refractivity contribution < 1.29 is 8.42 Å². The standard InChI is InChI=1S/C16H19N5O2S/c1-11-4-5-13-9-14(7-6-12(13)8-11)24(22,23)17-10-15-18-16(20-19-15)21(2)3/h4-9,17H,10H2,1-3H3,(H,18,19,20). The third-order valence-corrected chi connectivity index (χ3v) is 5.03. The van der Waals surface area contributed by atoms with Gasteiger partial charge < -0.3 is 4.90 Å². The maximum atomic E-state index is 12.5. The summed E-state index contributed by atoms with van der Waals surface area (Å²) in [5, 5.41) is 8.61. The van der Waals surface area contributed by atoms with E-state index < -0.39 is 10.0 Å². The molecular formula is C16H19N5O2S. The zero-order chi connectivity index (χ0) is 17.3. The Morgan fingerprint density at radius 2 is 1.83 bits per heavy atom. The van der Waals surface area contributed by atoms with Crippen LogP contribution in [0.5, 0.6) is 0 Å². The number of hydrogen-bond donors (Lipinski definition) is 2. The molecule has 1 heterocycles. The monoisotopic (exact) mass is 345 g/mol. The Morgan fingerprint density at radius 1 is 1.12 bits per heavy atom. The first-order chi connectivity index (χ1) is 11.3. The topological polar surface area (TPSA) is 91.0 Å². The molecule has 0 bridgehead atoms. The van der Waals surface area contributed by atoms with Crippen LogP contribution in [-0.2, 0) is 16.6 Å². The minimum absolute atomic E-state index is 0.0507. The number of aromatic amines is 1. The fourth-order valence-corrected chi connectivity index (χ4v) is 3.34. The maximum Gasteiger partial charge on any atom is 0.244 e. The summed E-state index contributed by atoms with van der Waals surface area (Å²) in [6, 6.07) is 11.0. The van der Waals surface area contributed by atoms with Gasteiger partial charge >= 0.3 is 0 Å². The van der Waals surface area contributed by atoms with Gasteiger partial charge in [0.2, 0.25) is 16.0 Å². The Kier molecular flexibility index (Phi) is 4.25. The highest BCUT2D eigenvalue weighted by atomic mass is 32.2. The van der Waals surface area contributed by atoms with Gasteiger partial charge in [-0.05, 0) is 29.8 Å². The summed E-state index contributed by atoms with van der Waals surface area (Å²) < 4.78 is 27.5. The van der Waals surface area contributed by atoms with Gasteiger partial charge in [0.25, 0.3) is 0 Å². The Labute approximate surface area is 140 Å². The number of nitrogens with zero attached hydrogens (tertiary/aromatic N) is 3. The van der Waals surface area contributed by atoms with Gasteiger partial charge in [0.1, 0.15) is 5.82 Å². The van der Waals surface area contributed by atoms with Crippen molar-refractivity contribution >= 4 is 26.7 Å². The number of aryl methyl sites for hydroxylation is 1. The quantitative estimate of drug-likeness (QED) is 0.736. The van der Waals surface area contributed by atoms with E-state index in [9.17, 15) is 8.42 Å². The number of H-pyrrole nitrogens is 1. The summed E-state index contributed by atoms with van der Waals surface area (Å²) in [4.78, 5) is 6.16. The summed E-state index contributed by atoms with van der Waals surface area (Å²) >= 11 is 0. The molecule has 0 aliphatic rings. The van der Waals surface area contributed by atoms with E-state index >= 15 is 0 Å².